The number of hydrogen-bond acceptors (Lipinski definition) is 7. The molecule has 7 nitrogen and oxygen atoms in total. The summed E-state index contributed by atoms with van der Waals surface area (Å²) in [4.78, 5) is 27.3. The number of hydrogen-bond donors (Lipinski definition) is 1. The lowest BCUT2D eigenvalue weighted by Crippen LogP contribution is -2.26. The lowest BCUT2D eigenvalue weighted by Gasteiger charge is -2.20. The normalized spacial score (nSPS) is 13.0. The molecule has 0 spiro atoms. The zero-order valence-corrected chi connectivity index (χ0v) is 16.6. The molecule has 2 heterocycles. The van der Waals surface area contributed by atoms with Crippen molar-refractivity contribution in [3.05, 3.63) is 47.8 Å². The molecule has 1 aliphatic rings. The molecule has 142 valence electrons. The molecule has 0 radical (unpaired) electrons. The van der Waals surface area contributed by atoms with E-state index in [1.807, 2.05) is 0 Å². The largest absolute Gasteiger partial charge is 0.383 e. The van der Waals surface area contributed by atoms with Gasteiger partial charge in [0.1, 0.15) is 4.90 Å². The summed E-state index contributed by atoms with van der Waals surface area (Å²) in [7, 11) is -2.31. The molecule has 1 aliphatic heterocycles. The Labute approximate surface area is 162 Å². The maximum atomic E-state index is 12.9. The molecule has 0 amide bonds. The maximum absolute atomic E-state index is 12.9. The van der Waals surface area contributed by atoms with Crippen molar-refractivity contribution >= 4 is 44.1 Å². The van der Waals surface area contributed by atoms with Gasteiger partial charge < -0.3 is 5.32 Å². The van der Waals surface area contributed by atoms with Gasteiger partial charge in [-0.1, -0.05) is 11.8 Å². The molecule has 2 aromatic rings. The average Bonchev–Trinajstić information content (AvgIpc) is 3.13. The first-order valence-electron chi connectivity index (χ1n) is 8.27. The number of thioether (sulfide) groups is 1. The van der Waals surface area contributed by atoms with E-state index < -0.39 is 10.0 Å². The van der Waals surface area contributed by atoms with Crippen LogP contribution in [0.3, 0.4) is 0 Å². The zero-order valence-electron chi connectivity index (χ0n) is 14.9. The molecule has 0 saturated heterocycles. The molecule has 27 heavy (non-hydrogen) atoms. The Bertz CT molecular complexity index is 988. The van der Waals surface area contributed by atoms with Gasteiger partial charge in [0, 0.05) is 38.7 Å². The number of carbonyl (C=O) groups is 2. The van der Waals surface area contributed by atoms with Crippen molar-refractivity contribution in [3.8, 4) is 0 Å². The number of aromatic nitrogens is 1. The van der Waals surface area contributed by atoms with Crippen LogP contribution < -0.4 is 9.62 Å². The molecule has 0 saturated carbocycles. The SMILES string of the molecule is CC(=O)SCC(=O)c1ccc(N(C)S(=O)(=O)c2cnc3c(c2)NCC3)cc1. The predicted octanol–water partition coefficient (Wildman–Crippen LogP) is 2.34. The number of nitrogens with zero attached hydrogens (tertiary/aromatic N) is 2. The highest BCUT2D eigenvalue weighted by Gasteiger charge is 2.24. The summed E-state index contributed by atoms with van der Waals surface area (Å²) in [5.74, 6) is -0.113. The van der Waals surface area contributed by atoms with Crippen LogP contribution in [0.5, 0.6) is 0 Å². The zero-order chi connectivity index (χ0) is 19.6. The lowest BCUT2D eigenvalue weighted by molar-refractivity contribution is -0.109. The number of Topliss-reactive ketones (excluding diaryl/α,β-unsaturated/α-hetero) is 1. The number of fused-ring (bicyclic) bond motifs is 1. The molecule has 0 bridgehead atoms. The number of sulfonamides is 1. The van der Waals surface area contributed by atoms with E-state index in [0.29, 0.717) is 11.3 Å². The molecule has 9 heteroatoms. The van der Waals surface area contributed by atoms with Crippen molar-refractivity contribution in [2.24, 2.45) is 0 Å². The van der Waals surface area contributed by atoms with E-state index in [2.05, 4.69) is 10.3 Å². The minimum Gasteiger partial charge on any atom is -0.383 e. The fraction of sp³-hybridized carbons (Fsp3) is 0.278. The van der Waals surface area contributed by atoms with Crippen molar-refractivity contribution in [2.45, 2.75) is 18.2 Å². The van der Waals surface area contributed by atoms with Crippen LogP contribution in [0.4, 0.5) is 11.4 Å². The van der Waals surface area contributed by atoms with Gasteiger partial charge in [-0.3, -0.25) is 18.9 Å². The van der Waals surface area contributed by atoms with Gasteiger partial charge in [-0.2, -0.15) is 0 Å². The molecule has 1 N–H and O–H groups in total. The van der Waals surface area contributed by atoms with E-state index >= 15 is 0 Å². The summed E-state index contributed by atoms with van der Waals surface area (Å²) in [5, 5.41) is 3.00. The summed E-state index contributed by atoms with van der Waals surface area (Å²) >= 11 is 0.948. The molecule has 3 rings (SSSR count). The Morgan fingerprint density at radius 1 is 1.26 bits per heavy atom. The Morgan fingerprint density at radius 3 is 2.63 bits per heavy atom. The van der Waals surface area contributed by atoms with E-state index in [4.69, 9.17) is 0 Å². The number of pyridine rings is 1. The first-order chi connectivity index (χ1) is 12.8. The number of anilines is 2. The average molecular weight is 406 g/mol. The molecule has 1 aromatic carbocycles. The van der Waals surface area contributed by atoms with Crippen LogP contribution in [0.25, 0.3) is 0 Å². The minimum absolute atomic E-state index is 0.0661. The highest BCUT2D eigenvalue weighted by Crippen LogP contribution is 2.27. The molecule has 0 atom stereocenters. The van der Waals surface area contributed by atoms with Crippen LogP contribution in [0.2, 0.25) is 0 Å². The van der Waals surface area contributed by atoms with Gasteiger partial charge in [0.2, 0.25) is 0 Å². The van der Waals surface area contributed by atoms with Crippen LogP contribution in [0.15, 0.2) is 41.4 Å². The third-order valence-corrected chi connectivity index (χ3v) is 6.80. The van der Waals surface area contributed by atoms with E-state index in [1.54, 1.807) is 30.3 Å². The third-order valence-electron chi connectivity index (χ3n) is 4.24. The van der Waals surface area contributed by atoms with Gasteiger partial charge in [0.25, 0.3) is 10.0 Å². The first-order valence-corrected chi connectivity index (χ1v) is 10.7. The second-order valence-electron chi connectivity index (χ2n) is 6.06. The minimum atomic E-state index is -3.77. The summed E-state index contributed by atoms with van der Waals surface area (Å²) < 4.78 is 26.9. The van der Waals surface area contributed by atoms with Crippen LogP contribution in [-0.4, -0.2) is 43.6 Å². The monoisotopic (exact) mass is 405 g/mol. The van der Waals surface area contributed by atoms with Gasteiger partial charge >= 0.3 is 0 Å². The predicted molar refractivity (Wildman–Crippen MR) is 106 cm³/mol. The standard InChI is InChI=1S/C18H19N3O4S2/c1-12(22)26-11-18(23)13-3-5-14(6-4-13)21(2)27(24,25)15-9-17-16(20-10-15)7-8-19-17/h3-6,9-10,19H,7-8,11H2,1-2H3. The number of carbonyl (C=O) groups excluding carboxylic acids is 2. The Morgan fingerprint density at radius 2 is 1.96 bits per heavy atom. The van der Waals surface area contributed by atoms with Gasteiger partial charge in [-0.05, 0) is 30.3 Å². The molecular weight excluding hydrogens is 386 g/mol. The van der Waals surface area contributed by atoms with Crippen LogP contribution in [-0.2, 0) is 21.2 Å². The van der Waals surface area contributed by atoms with Crippen molar-refractivity contribution in [1.29, 1.82) is 0 Å². The maximum Gasteiger partial charge on any atom is 0.265 e. The first kappa shape index (κ1) is 19.4. The molecular formula is C18H19N3O4S2. The summed E-state index contributed by atoms with van der Waals surface area (Å²) in [6, 6.07) is 7.86. The van der Waals surface area contributed by atoms with Crippen LogP contribution in [0.1, 0.15) is 23.0 Å². The highest BCUT2D eigenvalue weighted by molar-refractivity contribution is 8.14. The highest BCUT2D eigenvalue weighted by atomic mass is 32.2. The van der Waals surface area contributed by atoms with E-state index in [9.17, 15) is 18.0 Å². The Kier molecular flexibility index (Phi) is 5.52. The molecule has 1 aromatic heterocycles. The number of benzene rings is 1. The quantitative estimate of drug-likeness (QED) is 0.737. The van der Waals surface area contributed by atoms with Gasteiger partial charge in [0.15, 0.2) is 10.9 Å². The van der Waals surface area contributed by atoms with Gasteiger partial charge in [-0.15, -0.1) is 0 Å². The smallest absolute Gasteiger partial charge is 0.265 e. The lowest BCUT2D eigenvalue weighted by atomic mass is 10.1. The van der Waals surface area contributed by atoms with Crippen molar-refractivity contribution in [2.75, 3.05) is 29.0 Å². The fourth-order valence-corrected chi connectivity index (χ4v) is 4.36. The third kappa shape index (κ3) is 4.14. The van der Waals surface area contributed by atoms with Crippen molar-refractivity contribution < 1.29 is 18.0 Å². The Hall–Kier alpha value is -2.39. The number of rotatable bonds is 6. The van der Waals surface area contributed by atoms with Gasteiger partial charge in [-0.25, -0.2) is 8.42 Å². The number of nitrogens with one attached hydrogen (secondary N) is 1. The summed E-state index contributed by atoms with van der Waals surface area (Å²) in [6.45, 7) is 2.16. The topological polar surface area (TPSA) is 96.4 Å². The van der Waals surface area contributed by atoms with E-state index in [-0.39, 0.29) is 21.5 Å². The molecule has 0 aliphatic carbocycles. The van der Waals surface area contributed by atoms with Crippen LogP contribution in [0, 0.1) is 0 Å². The second-order valence-corrected chi connectivity index (χ2v) is 9.19. The van der Waals surface area contributed by atoms with Crippen molar-refractivity contribution in [1.82, 2.24) is 4.98 Å². The molecule has 0 unspecified atom stereocenters. The number of ketones is 1. The summed E-state index contributed by atoms with van der Waals surface area (Å²) in [6.07, 6.45) is 2.15. The fourth-order valence-electron chi connectivity index (χ4n) is 2.69. The van der Waals surface area contributed by atoms with E-state index in [0.717, 1.165) is 40.4 Å². The van der Waals surface area contributed by atoms with Gasteiger partial charge in [0.05, 0.1) is 22.8 Å². The Balaban J connectivity index is 1.79. The van der Waals surface area contributed by atoms with Crippen molar-refractivity contribution in [3.63, 3.8) is 0 Å². The summed E-state index contributed by atoms with van der Waals surface area (Å²) in [5.41, 5.74) is 2.47. The second kappa shape index (κ2) is 7.69. The molecule has 0 fully saturated rings. The van der Waals surface area contributed by atoms with Crippen LogP contribution >= 0.6 is 11.8 Å². The van der Waals surface area contributed by atoms with E-state index in [1.165, 1.54) is 20.2 Å².